The summed E-state index contributed by atoms with van der Waals surface area (Å²) in [5, 5.41) is 10.8. The van der Waals surface area contributed by atoms with Crippen molar-refractivity contribution in [1.29, 1.82) is 0 Å². The van der Waals surface area contributed by atoms with Crippen molar-refractivity contribution in [1.82, 2.24) is 14.7 Å². The van der Waals surface area contributed by atoms with Gasteiger partial charge in [0.05, 0.1) is 17.6 Å². The molecule has 0 spiro atoms. The van der Waals surface area contributed by atoms with Gasteiger partial charge in [0.2, 0.25) is 0 Å². The predicted octanol–water partition coefficient (Wildman–Crippen LogP) is 10.2. The van der Waals surface area contributed by atoms with Crippen molar-refractivity contribution >= 4 is 11.8 Å². The molecule has 3 aliphatic heterocycles. The molecule has 0 saturated carbocycles. The minimum atomic E-state index is -4.40. The summed E-state index contributed by atoms with van der Waals surface area (Å²) in [7, 11) is 2.15. The number of benzene rings is 4. The fourth-order valence-electron chi connectivity index (χ4n) is 9.38. The lowest BCUT2D eigenvalue weighted by atomic mass is 9.72. The largest absolute Gasteiger partial charge is 0.465 e. The zero-order valence-electron chi connectivity index (χ0n) is 33.1. The highest BCUT2D eigenvalue weighted by atomic mass is 19.4. The third kappa shape index (κ3) is 7.75. The Morgan fingerprint density at radius 2 is 1.44 bits per heavy atom. The zero-order valence-corrected chi connectivity index (χ0v) is 33.1. The molecule has 2 atom stereocenters. The molecule has 3 heterocycles. The maximum Gasteiger partial charge on any atom is 0.416 e. The molecule has 4 aromatic carbocycles. The number of anilines is 1. The van der Waals surface area contributed by atoms with Crippen LogP contribution in [0, 0.1) is 0 Å². The van der Waals surface area contributed by atoms with Crippen LogP contribution < -0.4 is 4.90 Å². The van der Waals surface area contributed by atoms with E-state index in [4.69, 9.17) is 0 Å². The first-order chi connectivity index (χ1) is 26.1. The number of carboxylic acid groups (broad SMARTS) is 1. The maximum atomic E-state index is 13.5. The molecule has 0 bridgehead atoms. The van der Waals surface area contributed by atoms with E-state index in [0.717, 1.165) is 103 Å². The van der Waals surface area contributed by atoms with E-state index in [1.165, 1.54) is 11.1 Å². The number of halogens is 3. The summed E-state index contributed by atoms with van der Waals surface area (Å²) in [4.78, 5) is 22.2. The molecule has 55 heavy (non-hydrogen) atoms. The predicted molar refractivity (Wildman–Crippen MR) is 215 cm³/mol. The van der Waals surface area contributed by atoms with Gasteiger partial charge in [0.25, 0.3) is 0 Å². The Labute approximate surface area is 324 Å². The molecule has 1 N–H and O–H groups in total. The molecule has 9 heteroatoms. The first-order valence-corrected chi connectivity index (χ1v) is 19.8. The first-order valence-electron chi connectivity index (χ1n) is 19.8. The van der Waals surface area contributed by atoms with Gasteiger partial charge in [0, 0.05) is 50.4 Å². The van der Waals surface area contributed by atoms with Crippen molar-refractivity contribution in [2.45, 2.75) is 83.0 Å². The van der Waals surface area contributed by atoms with Gasteiger partial charge in [-0.1, -0.05) is 89.2 Å². The summed E-state index contributed by atoms with van der Waals surface area (Å²) in [6, 6.07) is 26.6. The van der Waals surface area contributed by atoms with Crippen LogP contribution in [-0.2, 0) is 23.4 Å². The summed E-state index contributed by atoms with van der Waals surface area (Å²) in [5.41, 5.74) is 8.60. The number of piperazine rings is 1. The SMILES string of the molecule is CCCN1CC(C)(C)c2ccc(-c3ccc(C(F)(F)F)cc3)cc2C1c1ccccc1CC1c2cc(N3CCN(C)CC3)ccc2C(C)(C)CCN1C(=O)O. The Hall–Kier alpha value is -4.34. The quantitative estimate of drug-likeness (QED) is 0.204. The lowest BCUT2D eigenvalue weighted by Crippen LogP contribution is -2.46. The van der Waals surface area contributed by atoms with Gasteiger partial charge in [0.15, 0.2) is 0 Å². The van der Waals surface area contributed by atoms with Gasteiger partial charge >= 0.3 is 12.3 Å². The van der Waals surface area contributed by atoms with Gasteiger partial charge in [-0.15, -0.1) is 0 Å². The summed E-state index contributed by atoms with van der Waals surface area (Å²) < 4.78 is 40.4. The van der Waals surface area contributed by atoms with E-state index >= 15 is 0 Å². The van der Waals surface area contributed by atoms with Crippen molar-refractivity contribution in [2.75, 3.05) is 57.8 Å². The van der Waals surface area contributed by atoms with Crippen LogP contribution in [0.4, 0.5) is 23.7 Å². The number of carbonyl (C=O) groups is 1. The summed E-state index contributed by atoms with van der Waals surface area (Å²) >= 11 is 0. The summed E-state index contributed by atoms with van der Waals surface area (Å²) in [6.45, 7) is 17.1. The third-order valence-corrected chi connectivity index (χ3v) is 12.4. The number of alkyl halides is 3. The van der Waals surface area contributed by atoms with Crippen LogP contribution in [0.3, 0.4) is 0 Å². The Balaban J connectivity index is 1.35. The number of likely N-dealkylation sites (N-methyl/N-ethyl adjacent to an activating group) is 1. The molecule has 1 fully saturated rings. The second-order valence-corrected chi connectivity index (χ2v) is 17.2. The summed E-state index contributed by atoms with van der Waals surface area (Å²) in [6.07, 6.45) is -3.11. The molecule has 4 aromatic rings. The van der Waals surface area contributed by atoms with Crippen molar-refractivity contribution in [3.05, 3.63) is 124 Å². The van der Waals surface area contributed by atoms with E-state index in [0.29, 0.717) is 13.0 Å². The molecule has 3 aliphatic rings. The molecule has 0 aliphatic carbocycles. The van der Waals surface area contributed by atoms with Crippen molar-refractivity contribution < 1.29 is 23.1 Å². The first kappa shape index (κ1) is 38.9. The lowest BCUT2D eigenvalue weighted by Gasteiger charge is -2.46. The Morgan fingerprint density at radius 1 is 0.782 bits per heavy atom. The highest BCUT2D eigenvalue weighted by molar-refractivity contribution is 5.68. The number of fused-ring (bicyclic) bond motifs is 2. The van der Waals surface area contributed by atoms with Crippen LogP contribution in [0.5, 0.6) is 0 Å². The highest BCUT2D eigenvalue weighted by Crippen LogP contribution is 2.47. The normalized spacial score (nSPS) is 21.5. The van der Waals surface area contributed by atoms with Gasteiger partial charge in [-0.25, -0.2) is 4.79 Å². The molecular formula is C46H55F3N4O2. The van der Waals surface area contributed by atoms with Gasteiger partial charge in [-0.3, -0.25) is 4.90 Å². The monoisotopic (exact) mass is 752 g/mol. The van der Waals surface area contributed by atoms with Crippen LogP contribution in [-0.4, -0.2) is 78.8 Å². The Morgan fingerprint density at radius 3 is 2.11 bits per heavy atom. The van der Waals surface area contributed by atoms with Crippen molar-refractivity contribution in [3.8, 4) is 11.1 Å². The molecule has 7 rings (SSSR count). The van der Waals surface area contributed by atoms with E-state index in [1.807, 2.05) is 6.07 Å². The zero-order chi connectivity index (χ0) is 39.3. The standard InChI is InChI=1S/C46H55F3N4O2/c1-7-21-52-30-45(4,5)40-18-14-32(31-12-15-34(16-13-31)46(47,48)49)27-38(40)42(52)36-11-9-8-10-33(36)28-41-37-29-35(51-25-23-50(6)24-26-51)17-19-39(37)44(2,3)20-22-53(41)43(54)55/h8-19,27,29,41-42H,7,20-26,28,30H2,1-6H3,(H,54,55). The number of hydrogen-bond donors (Lipinski definition) is 1. The van der Waals surface area contributed by atoms with Crippen LogP contribution in [0.25, 0.3) is 11.1 Å². The summed E-state index contributed by atoms with van der Waals surface area (Å²) in [5.74, 6) is 0. The topological polar surface area (TPSA) is 50.3 Å². The molecule has 2 unspecified atom stereocenters. The Kier molecular flexibility index (Phi) is 10.6. The number of hydrogen-bond acceptors (Lipinski definition) is 4. The van der Waals surface area contributed by atoms with Crippen molar-refractivity contribution in [3.63, 3.8) is 0 Å². The molecule has 0 radical (unpaired) electrons. The smallest absolute Gasteiger partial charge is 0.416 e. The van der Waals surface area contributed by atoms with Gasteiger partial charge in [-0.2, -0.15) is 13.2 Å². The number of nitrogens with zero attached hydrogens (tertiary/aromatic N) is 4. The molecular weight excluding hydrogens is 698 g/mol. The van der Waals surface area contributed by atoms with Crippen LogP contribution in [0.2, 0.25) is 0 Å². The number of rotatable bonds is 7. The average molecular weight is 753 g/mol. The van der Waals surface area contributed by atoms with E-state index < -0.39 is 17.8 Å². The minimum Gasteiger partial charge on any atom is -0.465 e. The van der Waals surface area contributed by atoms with Crippen LogP contribution >= 0.6 is 0 Å². The lowest BCUT2D eigenvalue weighted by molar-refractivity contribution is -0.137. The Bertz CT molecular complexity index is 2020. The molecule has 0 aromatic heterocycles. The molecule has 1 amide bonds. The van der Waals surface area contributed by atoms with Crippen LogP contribution in [0.15, 0.2) is 84.9 Å². The van der Waals surface area contributed by atoms with E-state index in [-0.39, 0.29) is 22.9 Å². The van der Waals surface area contributed by atoms with E-state index in [2.05, 4.69) is 111 Å². The van der Waals surface area contributed by atoms with Crippen LogP contribution in [0.1, 0.15) is 98.5 Å². The highest BCUT2D eigenvalue weighted by Gasteiger charge is 2.41. The fourth-order valence-corrected chi connectivity index (χ4v) is 9.38. The van der Waals surface area contributed by atoms with Gasteiger partial charge in [-0.05, 0) is 113 Å². The second kappa shape index (κ2) is 15.0. The second-order valence-electron chi connectivity index (χ2n) is 17.2. The maximum absolute atomic E-state index is 13.5. The third-order valence-electron chi connectivity index (χ3n) is 12.4. The van der Waals surface area contributed by atoms with Gasteiger partial charge in [0.1, 0.15) is 0 Å². The van der Waals surface area contributed by atoms with E-state index in [9.17, 15) is 23.1 Å². The number of amides is 1. The molecule has 292 valence electrons. The van der Waals surface area contributed by atoms with Gasteiger partial charge < -0.3 is 19.8 Å². The minimum absolute atomic E-state index is 0.120. The average Bonchev–Trinajstić information content (AvgIpc) is 3.25. The fraction of sp³-hybridized carbons (Fsp3) is 0.457. The van der Waals surface area contributed by atoms with Crippen molar-refractivity contribution in [2.24, 2.45) is 0 Å². The molecule has 6 nitrogen and oxygen atoms in total. The molecule has 1 saturated heterocycles. The van der Waals surface area contributed by atoms with E-state index in [1.54, 1.807) is 17.0 Å².